The van der Waals surface area contributed by atoms with Crippen LogP contribution in [0.1, 0.15) is 0 Å². The van der Waals surface area contributed by atoms with E-state index in [0.29, 0.717) is 5.57 Å². The van der Waals surface area contributed by atoms with Gasteiger partial charge in [0.15, 0.2) is 5.92 Å². The van der Waals surface area contributed by atoms with E-state index in [1.54, 1.807) is 0 Å². The molecule has 4 heteroatoms. The van der Waals surface area contributed by atoms with E-state index in [1.807, 2.05) is 12.1 Å². The number of hydrogen-bond donors (Lipinski definition) is 0. The quantitative estimate of drug-likeness (QED) is 0.384. The molecule has 0 N–H and O–H groups in total. The van der Waals surface area contributed by atoms with Gasteiger partial charge in [0.25, 0.3) is 0 Å². The molecule has 0 fully saturated rings. The van der Waals surface area contributed by atoms with Crippen LogP contribution in [0.5, 0.6) is 0 Å². The number of allylic oxidation sites excluding steroid dienone is 4. The fourth-order valence-corrected chi connectivity index (χ4v) is 0.873. The van der Waals surface area contributed by atoms with Crippen LogP contribution in [-0.2, 0) is 0 Å². The van der Waals surface area contributed by atoms with E-state index in [1.165, 1.54) is 18.2 Å². The molecule has 0 spiro atoms. The third kappa shape index (κ3) is 1.29. The molecule has 0 saturated carbocycles. The van der Waals surface area contributed by atoms with Crippen LogP contribution >= 0.6 is 0 Å². The summed E-state index contributed by atoms with van der Waals surface area (Å²) in [6, 6.07) is 3.80. The largest absolute Gasteiger partial charge is 0.361 e. The van der Waals surface area contributed by atoms with Crippen LogP contribution in [0.3, 0.4) is 0 Å². The van der Waals surface area contributed by atoms with Crippen molar-refractivity contribution >= 4 is 5.71 Å². The second-order valence-electron chi connectivity index (χ2n) is 2.20. The lowest BCUT2D eigenvalue weighted by Gasteiger charge is -1.99. The van der Waals surface area contributed by atoms with Crippen molar-refractivity contribution in [3.05, 3.63) is 29.3 Å². The van der Waals surface area contributed by atoms with Gasteiger partial charge in [-0.1, -0.05) is 0 Å². The molecule has 56 valence electrons. The highest BCUT2D eigenvalue weighted by atomic mass is 14.9. The Bertz CT molecular complexity index is 382. The Morgan fingerprint density at radius 3 is 2.67 bits per heavy atom. The zero-order chi connectivity index (χ0) is 8.97. The van der Waals surface area contributed by atoms with Crippen LogP contribution in [0.2, 0.25) is 0 Å². The maximum Gasteiger partial charge on any atom is 0.312 e. The molecule has 1 atom stereocenters. The molecule has 0 bridgehead atoms. The van der Waals surface area contributed by atoms with Crippen LogP contribution < -0.4 is 0 Å². The Hall–Kier alpha value is -2.16. The van der Waals surface area contributed by atoms with E-state index in [2.05, 4.69) is 4.79 Å². The maximum atomic E-state index is 8.58. The van der Waals surface area contributed by atoms with Crippen LogP contribution in [0.4, 0.5) is 0 Å². The van der Waals surface area contributed by atoms with Gasteiger partial charge in [0.2, 0.25) is 0 Å². The molecule has 0 radical (unpaired) electrons. The van der Waals surface area contributed by atoms with Gasteiger partial charge in [-0.3, -0.25) is 0 Å². The topological polar surface area (TPSA) is 84.0 Å². The molecule has 0 amide bonds. The van der Waals surface area contributed by atoms with E-state index < -0.39 is 5.92 Å². The van der Waals surface area contributed by atoms with Gasteiger partial charge in [-0.15, -0.1) is 0 Å². The lowest BCUT2D eigenvalue weighted by molar-refractivity contribution is -0.00754. The minimum atomic E-state index is -0.616. The zero-order valence-corrected chi connectivity index (χ0v) is 6.10. The summed E-state index contributed by atoms with van der Waals surface area (Å²) >= 11 is 0. The molecular formula is C8H4N4. The number of rotatable bonds is 0. The Morgan fingerprint density at radius 1 is 1.42 bits per heavy atom. The summed E-state index contributed by atoms with van der Waals surface area (Å²) in [5.41, 5.74) is 9.10. The van der Waals surface area contributed by atoms with E-state index in [-0.39, 0.29) is 5.71 Å². The number of hydrogen-bond acceptors (Lipinski definition) is 2. The SMILES string of the molecule is N#CC1=CC(C#N)C(=[N+]=[N-])C=C1. The Balaban J connectivity index is 3.09. The molecule has 0 aromatic carbocycles. The molecule has 1 aliphatic carbocycles. The van der Waals surface area contributed by atoms with Gasteiger partial charge < -0.3 is 5.53 Å². The summed E-state index contributed by atoms with van der Waals surface area (Å²) in [5.74, 6) is -0.616. The predicted octanol–water partition coefficient (Wildman–Crippen LogP) is 0.817. The number of nitrogens with zero attached hydrogens (tertiary/aromatic N) is 4. The molecule has 0 aliphatic heterocycles. The van der Waals surface area contributed by atoms with Crippen molar-refractivity contribution in [2.45, 2.75) is 0 Å². The molecule has 0 aromatic rings. The third-order valence-electron chi connectivity index (χ3n) is 1.48. The fourth-order valence-electron chi connectivity index (χ4n) is 0.873. The molecule has 1 aliphatic rings. The molecular weight excluding hydrogens is 152 g/mol. The Morgan fingerprint density at radius 2 is 2.17 bits per heavy atom. The second-order valence-corrected chi connectivity index (χ2v) is 2.20. The van der Waals surface area contributed by atoms with Gasteiger partial charge in [-0.05, 0) is 12.2 Å². The molecule has 1 rings (SSSR count). The molecule has 0 aromatic heterocycles. The monoisotopic (exact) mass is 156 g/mol. The summed E-state index contributed by atoms with van der Waals surface area (Å²) in [5, 5.41) is 17.1. The summed E-state index contributed by atoms with van der Waals surface area (Å²) in [6.45, 7) is 0. The predicted molar refractivity (Wildman–Crippen MR) is 40.6 cm³/mol. The first kappa shape index (κ1) is 7.94. The highest BCUT2D eigenvalue weighted by Crippen LogP contribution is 2.11. The first-order valence-electron chi connectivity index (χ1n) is 3.23. The van der Waals surface area contributed by atoms with Crippen molar-refractivity contribution in [2.24, 2.45) is 5.92 Å². The average molecular weight is 156 g/mol. The van der Waals surface area contributed by atoms with E-state index in [4.69, 9.17) is 16.1 Å². The zero-order valence-electron chi connectivity index (χ0n) is 6.10. The lowest BCUT2D eigenvalue weighted by Crippen LogP contribution is -2.12. The van der Waals surface area contributed by atoms with Crippen molar-refractivity contribution in [1.29, 1.82) is 10.5 Å². The van der Waals surface area contributed by atoms with Crippen LogP contribution in [0.15, 0.2) is 23.8 Å². The van der Waals surface area contributed by atoms with Crippen molar-refractivity contribution in [3.8, 4) is 12.1 Å². The summed E-state index contributed by atoms with van der Waals surface area (Å²) in [6.07, 6.45) is 4.41. The van der Waals surface area contributed by atoms with Crippen molar-refractivity contribution in [2.75, 3.05) is 0 Å². The lowest BCUT2D eigenvalue weighted by atomic mass is 9.96. The molecule has 4 nitrogen and oxygen atoms in total. The number of nitriles is 2. The van der Waals surface area contributed by atoms with Crippen LogP contribution in [0.25, 0.3) is 5.53 Å². The van der Waals surface area contributed by atoms with Crippen molar-refractivity contribution in [1.82, 2.24) is 0 Å². The Kier molecular flexibility index (Phi) is 2.18. The van der Waals surface area contributed by atoms with Gasteiger partial charge in [-0.25, -0.2) is 0 Å². The van der Waals surface area contributed by atoms with Gasteiger partial charge >= 0.3 is 5.71 Å². The minimum absolute atomic E-state index is 0.261. The van der Waals surface area contributed by atoms with E-state index in [9.17, 15) is 0 Å². The first-order chi connectivity index (χ1) is 5.81. The standard InChI is InChI=1S/C8H4N4/c9-4-6-1-2-8(12-11)7(3-6)5-10/h1-3,7H. The average Bonchev–Trinajstić information content (AvgIpc) is 2.16. The van der Waals surface area contributed by atoms with Crippen molar-refractivity contribution in [3.63, 3.8) is 0 Å². The molecule has 1 unspecified atom stereocenters. The van der Waals surface area contributed by atoms with Gasteiger partial charge in [0.05, 0.1) is 17.7 Å². The van der Waals surface area contributed by atoms with Crippen molar-refractivity contribution < 1.29 is 4.79 Å². The fraction of sp³-hybridized carbons (Fsp3) is 0.125. The highest BCUT2D eigenvalue weighted by molar-refractivity contribution is 5.97. The normalized spacial score (nSPS) is 20.3. The first-order valence-corrected chi connectivity index (χ1v) is 3.23. The minimum Gasteiger partial charge on any atom is -0.361 e. The third-order valence-corrected chi connectivity index (χ3v) is 1.48. The van der Waals surface area contributed by atoms with E-state index >= 15 is 0 Å². The van der Waals surface area contributed by atoms with Gasteiger partial charge in [-0.2, -0.15) is 15.3 Å². The van der Waals surface area contributed by atoms with Crippen LogP contribution in [-0.4, -0.2) is 10.5 Å². The Labute approximate surface area is 69.3 Å². The second kappa shape index (κ2) is 3.30. The molecule has 0 heterocycles. The maximum absolute atomic E-state index is 8.58. The summed E-state index contributed by atoms with van der Waals surface area (Å²) in [7, 11) is 0. The summed E-state index contributed by atoms with van der Waals surface area (Å²) in [4.78, 5) is 2.92. The van der Waals surface area contributed by atoms with Gasteiger partial charge in [0.1, 0.15) is 0 Å². The highest BCUT2D eigenvalue weighted by Gasteiger charge is 2.21. The summed E-state index contributed by atoms with van der Waals surface area (Å²) < 4.78 is 0. The van der Waals surface area contributed by atoms with Crippen LogP contribution in [0, 0.1) is 28.6 Å². The van der Waals surface area contributed by atoms with Gasteiger partial charge in [0, 0.05) is 6.08 Å². The smallest absolute Gasteiger partial charge is 0.312 e. The molecule has 12 heavy (non-hydrogen) atoms. The molecule has 0 saturated heterocycles. The van der Waals surface area contributed by atoms with E-state index in [0.717, 1.165) is 0 Å².